The maximum Gasteiger partial charge on any atom is 0.229 e. The van der Waals surface area contributed by atoms with E-state index in [0.29, 0.717) is 19.6 Å². The third-order valence-electron chi connectivity index (χ3n) is 5.69. The van der Waals surface area contributed by atoms with Gasteiger partial charge in [0, 0.05) is 42.8 Å². The summed E-state index contributed by atoms with van der Waals surface area (Å²) in [5.74, 6) is 0.901. The lowest BCUT2D eigenvalue weighted by Gasteiger charge is -2.45. The largest absolute Gasteiger partial charge is 0.376 e. The molecule has 0 aliphatic carbocycles. The first-order valence-electron chi connectivity index (χ1n) is 9.93. The second-order valence-corrected chi connectivity index (χ2v) is 8.14. The van der Waals surface area contributed by atoms with Crippen LogP contribution < -0.4 is 4.90 Å². The van der Waals surface area contributed by atoms with Gasteiger partial charge < -0.3 is 4.74 Å². The number of halogens is 1. The first-order chi connectivity index (χ1) is 13.6. The van der Waals surface area contributed by atoms with Gasteiger partial charge in [0.25, 0.3) is 0 Å². The predicted octanol–water partition coefficient (Wildman–Crippen LogP) is 3.56. The number of morpholine rings is 1. The van der Waals surface area contributed by atoms with Gasteiger partial charge in [-0.1, -0.05) is 29.8 Å². The number of rotatable bonds is 4. The second kappa shape index (κ2) is 8.60. The van der Waals surface area contributed by atoms with E-state index in [-0.39, 0.29) is 24.1 Å². The van der Waals surface area contributed by atoms with Crippen molar-refractivity contribution in [2.75, 3.05) is 24.6 Å². The van der Waals surface area contributed by atoms with Gasteiger partial charge in [-0.15, -0.1) is 0 Å². The highest BCUT2D eigenvalue weighted by Gasteiger charge is 2.37. The Morgan fingerprint density at radius 2 is 2.04 bits per heavy atom. The number of amides is 1. The van der Waals surface area contributed by atoms with Crippen LogP contribution in [0.15, 0.2) is 48.7 Å². The number of ether oxygens (including phenoxy) is 1. The summed E-state index contributed by atoms with van der Waals surface area (Å²) in [6, 6.07) is 14.2. The number of benzene rings is 1. The van der Waals surface area contributed by atoms with Crippen LogP contribution in [-0.2, 0) is 16.0 Å². The van der Waals surface area contributed by atoms with Crippen LogP contribution in [0.2, 0.25) is 5.02 Å². The molecular formula is C22H26ClN3O2. The molecule has 0 N–H and O–H groups in total. The normalized spacial score (nSPS) is 26.4. The summed E-state index contributed by atoms with van der Waals surface area (Å²) in [5.41, 5.74) is 1.25. The van der Waals surface area contributed by atoms with Crippen LogP contribution in [0.5, 0.6) is 0 Å². The Bertz CT molecular complexity index is 799. The lowest BCUT2D eigenvalue weighted by atomic mass is 9.96. The topological polar surface area (TPSA) is 45.7 Å². The van der Waals surface area contributed by atoms with E-state index in [0.717, 1.165) is 30.2 Å². The number of carbonyl (C=O) groups is 1. The molecule has 2 aromatic rings. The van der Waals surface area contributed by atoms with Crippen LogP contribution in [0.1, 0.15) is 25.3 Å². The molecule has 1 aromatic heterocycles. The third-order valence-corrected chi connectivity index (χ3v) is 5.94. The molecule has 0 radical (unpaired) electrons. The number of carbonyl (C=O) groups excluding carboxylic acids is 1. The van der Waals surface area contributed by atoms with Crippen molar-refractivity contribution < 1.29 is 9.53 Å². The Balaban J connectivity index is 1.46. The molecule has 2 aliphatic rings. The summed E-state index contributed by atoms with van der Waals surface area (Å²) in [6.07, 6.45) is 4.30. The molecular weight excluding hydrogens is 374 g/mol. The number of aromatic nitrogens is 1. The average Bonchev–Trinajstić information content (AvgIpc) is 2.71. The van der Waals surface area contributed by atoms with Gasteiger partial charge in [-0.2, -0.15) is 0 Å². The Hall–Kier alpha value is -1.95. The summed E-state index contributed by atoms with van der Waals surface area (Å²) >= 11 is 6.02. The van der Waals surface area contributed by atoms with Crippen LogP contribution in [0.4, 0.5) is 5.82 Å². The number of nitrogens with zero attached hydrogens (tertiary/aromatic N) is 3. The van der Waals surface area contributed by atoms with Crippen LogP contribution in [-0.4, -0.2) is 53.7 Å². The van der Waals surface area contributed by atoms with Gasteiger partial charge in [-0.25, -0.2) is 4.98 Å². The molecule has 6 heteroatoms. The minimum atomic E-state index is 0.152. The molecule has 2 fully saturated rings. The monoisotopic (exact) mass is 399 g/mol. The molecule has 28 heavy (non-hydrogen) atoms. The Labute approximate surface area is 171 Å². The van der Waals surface area contributed by atoms with E-state index < -0.39 is 0 Å². The van der Waals surface area contributed by atoms with Crippen LogP contribution >= 0.6 is 11.6 Å². The van der Waals surface area contributed by atoms with Gasteiger partial charge in [0.2, 0.25) is 5.91 Å². The zero-order chi connectivity index (χ0) is 19.5. The molecule has 2 saturated heterocycles. The molecule has 0 spiro atoms. The number of anilines is 1. The second-order valence-electron chi connectivity index (χ2n) is 7.71. The van der Waals surface area contributed by atoms with E-state index in [1.165, 1.54) is 5.56 Å². The maximum absolute atomic E-state index is 12.8. The number of hydrogen-bond acceptors (Lipinski definition) is 4. The quantitative estimate of drug-likeness (QED) is 0.788. The molecule has 0 saturated carbocycles. The van der Waals surface area contributed by atoms with Crippen LogP contribution in [0.25, 0.3) is 0 Å². The van der Waals surface area contributed by atoms with Crippen molar-refractivity contribution in [1.82, 2.24) is 9.88 Å². The van der Waals surface area contributed by atoms with Crippen molar-refractivity contribution in [2.24, 2.45) is 0 Å². The van der Waals surface area contributed by atoms with Gasteiger partial charge in [0.05, 0.1) is 12.7 Å². The van der Waals surface area contributed by atoms with E-state index in [9.17, 15) is 4.79 Å². The predicted molar refractivity (Wildman–Crippen MR) is 111 cm³/mol. The van der Waals surface area contributed by atoms with Crippen molar-refractivity contribution in [3.8, 4) is 0 Å². The molecule has 1 unspecified atom stereocenters. The van der Waals surface area contributed by atoms with Crippen LogP contribution in [0, 0.1) is 0 Å². The third kappa shape index (κ3) is 4.37. The van der Waals surface area contributed by atoms with Gasteiger partial charge >= 0.3 is 0 Å². The van der Waals surface area contributed by atoms with Crippen LogP contribution in [0.3, 0.4) is 0 Å². The van der Waals surface area contributed by atoms with E-state index in [1.54, 1.807) is 6.20 Å². The highest BCUT2D eigenvalue weighted by molar-refractivity contribution is 6.30. The highest BCUT2D eigenvalue weighted by atomic mass is 35.5. The lowest BCUT2D eigenvalue weighted by Crippen LogP contribution is -2.57. The van der Waals surface area contributed by atoms with Gasteiger partial charge in [0.15, 0.2) is 0 Å². The summed E-state index contributed by atoms with van der Waals surface area (Å²) < 4.78 is 5.95. The summed E-state index contributed by atoms with van der Waals surface area (Å²) in [5, 5.41) is 0.751. The number of hydrogen-bond donors (Lipinski definition) is 0. The molecule has 148 valence electrons. The molecule has 0 bridgehead atoms. The van der Waals surface area contributed by atoms with E-state index >= 15 is 0 Å². The van der Waals surface area contributed by atoms with E-state index in [4.69, 9.17) is 16.3 Å². The van der Waals surface area contributed by atoms with Crippen molar-refractivity contribution in [3.05, 3.63) is 59.2 Å². The van der Waals surface area contributed by atoms with Crippen molar-refractivity contribution in [2.45, 2.75) is 44.4 Å². The minimum Gasteiger partial charge on any atom is -0.376 e. The van der Waals surface area contributed by atoms with E-state index in [1.807, 2.05) is 35.2 Å². The van der Waals surface area contributed by atoms with Gasteiger partial charge in [0.1, 0.15) is 5.82 Å². The number of piperidine rings is 1. The molecule has 3 heterocycles. The maximum atomic E-state index is 12.8. The molecule has 2 aliphatic heterocycles. The summed E-state index contributed by atoms with van der Waals surface area (Å²) in [4.78, 5) is 21.5. The smallest absolute Gasteiger partial charge is 0.229 e. The average molecular weight is 400 g/mol. The molecule has 1 amide bonds. The summed E-state index contributed by atoms with van der Waals surface area (Å²) in [6.45, 7) is 4.37. The van der Waals surface area contributed by atoms with Crippen molar-refractivity contribution in [3.63, 3.8) is 0 Å². The zero-order valence-corrected chi connectivity index (χ0v) is 16.9. The Morgan fingerprint density at radius 1 is 1.21 bits per heavy atom. The standard InChI is InChI=1S/C22H26ClN3O2/c1-16-14-26(20(15-28-16)12-17-5-7-18(23)8-6-17)19-9-11-25(22(27)13-19)21-4-2-3-10-24-21/h2-8,10,16,19-20H,9,11-15H2,1H3/t16-,19?,20-/m0/s1. The fourth-order valence-electron chi connectivity index (χ4n) is 4.24. The molecule has 5 nitrogen and oxygen atoms in total. The summed E-state index contributed by atoms with van der Waals surface area (Å²) in [7, 11) is 0. The van der Waals surface area contributed by atoms with Gasteiger partial charge in [-0.05, 0) is 49.6 Å². The molecule has 1 aromatic carbocycles. The SMILES string of the molecule is C[C@H]1CN(C2CCN(c3ccccn3)C(=O)C2)[C@@H](Cc2ccc(Cl)cc2)CO1. The Kier molecular flexibility index (Phi) is 5.95. The highest BCUT2D eigenvalue weighted by Crippen LogP contribution is 2.27. The fraction of sp³-hybridized carbons (Fsp3) is 0.455. The zero-order valence-electron chi connectivity index (χ0n) is 16.1. The van der Waals surface area contributed by atoms with E-state index in [2.05, 4.69) is 28.9 Å². The number of pyridine rings is 1. The molecule has 4 rings (SSSR count). The Morgan fingerprint density at radius 3 is 2.75 bits per heavy atom. The lowest BCUT2D eigenvalue weighted by molar-refractivity contribution is -0.124. The van der Waals surface area contributed by atoms with Crippen molar-refractivity contribution >= 4 is 23.3 Å². The van der Waals surface area contributed by atoms with Gasteiger partial charge in [-0.3, -0.25) is 14.6 Å². The fourth-order valence-corrected chi connectivity index (χ4v) is 4.37. The first-order valence-corrected chi connectivity index (χ1v) is 10.3. The first kappa shape index (κ1) is 19.4. The minimum absolute atomic E-state index is 0.152. The van der Waals surface area contributed by atoms with Crippen molar-refractivity contribution in [1.29, 1.82) is 0 Å². The molecule has 3 atom stereocenters.